The standard InChI is InChI=1S/C16H27N3O5/c1-3-9(2)13(17)15(22)18-6-4-5-11(18)14(21)19-8-10(20)7-12(19)16(23)24/h9-13,20H,3-8,17H2,1-2H3,(H,23,24)/t9-,10+,11-,12-,13-/m0/s1. The first-order valence-electron chi connectivity index (χ1n) is 8.55. The van der Waals surface area contributed by atoms with E-state index in [2.05, 4.69) is 0 Å². The Morgan fingerprint density at radius 2 is 1.92 bits per heavy atom. The maximum Gasteiger partial charge on any atom is 0.326 e. The third-order valence-corrected chi connectivity index (χ3v) is 5.21. The first-order valence-corrected chi connectivity index (χ1v) is 8.55. The van der Waals surface area contributed by atoms with Crippen molar-refractivity contribution in [3.05, 3.63) is 0 Å². The monoisotopic (exact) mass is 341 g/mol. The average Bonchev–Trinajstić information content (AvgIpc) is 3.18. The van der Waals surface area contributed by atoms with Crippen LogP contribution in [0.5, 0.6) is 0 Å². The molecule has 2 rings (SSSR count). The normalized spacial score (nSPS) is 29.6. The number of hydrogen-bond acceptors (Lipinski definition) is 5. The second-order valence-corrected chi connectivity index (χ2v) is 6.84. The summed E-state index contributed by atoms with van der Waals surface area (Å²) in [4.78, 5) is 39.4. The molecule has 0 unspecified atom stereocenters. The predicted molar refractivity (Wildman–Crippen MR) is 85.9 cm³/mol. The smallest absolute Gasteiger partial charge is 0.326 e. The van der Waals surface area contributed by atoms with E-state index in [9.17, 15) is 24.6 Å². The lowest BCUT2D eigenvalue weighted by Gasteiger charge is -2.32. The second kappa shape index (κ2) is 7.48. The summed E-state index contributed by atoms with van der Waals surface area (Å²) in [6, 6.07) is -2.38. The van der Waals surface area contributed by atoms with Gasteiger partial charge in [-0.15, -0.1) is 0 Å². The predicted octanol–water partition coefficient (Wildman–Crippen LogP) is -0.603. The fourth-order valence-corrected chi connectivity index (χ4v) is 3.46. The van der Waals surface area contributed by atoms with Crippen molar-refractivity contribution in [2.45, 2.75) is 63.8 Å². The molecule has 2 fully saturated rings. The highest BCUT2D eigenvalue weighted by molar-refractivity contribution is 5.92. The molecule has 4 N–H and O–H groups in total. The Morgan fingerprint density at radius 1 is 1.25 bits per heavy atom. The topological polar surface area (TPSA) is 124 Å². The minimum absolute atomic E-state index is 0.00819. The molecule has 5 atom stereocenters. The molecular formula is C16H27N3O5. The molecule has 24 heavy (non-hydrogen) atoms. The molecule has 8 heteroatoms. The highest BCUT2D eigenvalue weighted by Gasteiger charge is 2.45. The zero-order chi connectivity index (χ0) is 18.0. The van der Waals surface area contributed by atoms with E-state index in [1.807, 2.05) is 13.8 Å². The minimum Gasteiger partial charge on any atom is -0.480 e. The third kappa shape index (κ3) is 3.54. The molecule has 8 nitrogen and oxygen atoms in total. The van der Waals surface area contributed by atoms with E-state index in [1.54, 1.807) is 0 Å². The van der Waals surface area contributed by atoms with Gasteiger partial charge in [0.25, 0.3) is 0 Å². The van der Waals surface area contributed by atoms with Crippen LogP contribution in [0.15, 0.2) is 0 Å². The van der Waals surface area contributed by atoms with Crippen LogP contribution >= 0.6 is 0 Å². The van der Waals surface area contributed by atoms with Gasteiger partial charge in [-0.25, -0.2) is 4.79 Å². The van der Waals surface area contributed by atoms with E-state index >= 15 is 0 Å². The molecule has 136 valence electrons. The Kier molecular flexibility index (Phi) is 5.82. The Hall–Kier alpha value is -1.67. The summed E-state index contributed by atoms with van der Waals surface area (Å²) in [7, 11) is 0. The van der Waals surface area contributed by atoms with E-state index in [0.717, 1.165) is 6.42 Å². The molecule has 0 radical (unpaired) electrons. The van der Waals surface area contributed by atoms with Crippen LogP contribution in [-0.2, 0) is 14.4 Å². The van der Waals surface area contributed by atoms with Crippen LogP contribution in [0.3, 0.4) is 0 Å². The lowest BCUT2D eigenvalue weighted by Crippen LogP contribution is -2.55. The van der Waals surface area contributed by atoms with E-state index < -0.39 is 36.1 Å². The summed E-state index contributed by atoms with van der Waals surface area (Å²) in [5, 5.41) is 19.0. The maximum absolute atomic E-state index is 12.8. The van der Waals surface area contributed by atoms with Crippen LogP contribution in [0.1, 0.15) is 39.5 Å². The molecule has 2 amide bonds. The van der Waals surface area contributed by atoms with Crippen molar-refractivity contribution < 1.29 is 24.6 Å². The average molecular weight is 341 g/mol. The SMILES string of the molecule is CC[C@H](C)[C@H](N)C(=O)N1CCC[C@H]1C(=O)N1C[C@H](O)C[C@H]1C(=O)O. The number of rotatable bonds is 5. The first kappa shape index (κ1) is 18.7. The number of carboxylic acids is 1. The number of nitrogens with zero attached hydrogens (tertiary/aromatic N) is 2. The zero-order valence-electron chi connectivity index (χ0n) is 14.2. The maximum atomic E-state index is 12.8. The van der Waals surface area contributed by atoms with Crippen molar-refractivity contribution >= 4 is 17.8 Å². The Labute approximate surface area is 141 Å². The lowest BCUT2D eigenvalue weighted by molar-refractivity contribution is -0.152. The van der Waals surface area contributed by atoms with Gasteiger partial charge in [-0.05, 0) is 18.8 Å². The van der Waals surface area contributed by atoms with Crippen LogP contribution < -0.4 is 5.73 Å². The van der Waals surface area contributed by atoms with Crippen LogP contribution in [0.2, 0.25) is 0 Å². The minimum atomic E-state index is -1.13. The van der Waals surface area contributed by atoms with Gasteiger partial charge in [0.05, 0.1) is 12.1 Å². The summed E-state index contributed by atoms with van der Waals surface area (Å²) < 4.78 is 0. The van der Waals surface area contributed by atoms with Crippen molar-refractivity contribution in [3.63, 3.8) is 0 Å². The molecule has 0 aromatic carbocycles. The van der Waals surface area contributed by atoms with E-state index in [4.69, 9.17) is 5.73 Å². The van der Waals surface area contributed by atoms with Gasteiger partial charge in [0.15, 0.2) is 0 Å². The van der Waals surface area contributed by atoms with Gasteiger partial charge in [-0.3, -0.25) is 9.59 Å². The number of aliphatic hydroxyl groups excluding tert-OH is 1. The molecule has 0 aromatic heterocycles. The molecule has 0 bridgehead atoms. The van der Waals surface area contributed by atoms with Crippen LogP contribution in [-0.4, -0.2) is 75.1 Å². The summed E-state index contributed by atoms with van der Waals surface area (Å²) in [5.41, 5.74) is 6.01. The highest BCUT2D eigenvalue weighted by atomic mass is 16.4. The number of β-amino-alcohol motifs (C(OH)–C–C–N with tert-alkyl or cyclic N) is 1. The van der Waals surface area contributed by atoms with E-state index in [-0.39, 0.29) is 24.8 Å². The highest BCUT2D eigenvalue weighted by Crippen LogP contribution is 2.26. The van der Waals surface area contributed by atoms with Gasteiger partial charge in [0.2, 0.25) is 11.8 Å². The van der Waals surface area contributed by atoms with Crippen molar-refractivity contribution in [1.82, 2.24) is 9.80 Å². The number of aliphatic hydroxyl groups is 1. The summed E-state index contributed by atoms with van der Waals surface area (Å²) >= 11 is 0. The number of carbonyl (C=O) groups excluding carboxylic acids is 2. The number of hydrogen-bond donors (Lipinski definition) is 3. The Balaban J connectivity index is 2.13. The fraction of sp³-hybridized carbons (Fsp3) is 0.812. The zero-order valence-corrected chi connectivity index (χ0v) is 14.2. The third-order valence-electron chi connectivity index (χ3n) is 5.21. The van der Waals surface area contributed by atoms with Crippen molar-refractivity contribution in [3.8, 4) is 0 Å². The lowest BCUT2D eigenvalue weighted by atomic mass is 9.98. The molecule has 2 saturated heterocycles. The molecule has 0 spiro atoms. The van der Waals surface area contributed by atoms with Gasteiger partial charge in [0, 0.05) is 19.5 Å². The van der Waals surface area contributed by atoms with E-state index in [0.29, 0.717) is 19.4 Å². The van der Waals surface area contributed by atoms with Gasteiger partial charge < -0.3 is 25.7 Å². The number of carboxylic acid groups (broad SMARTS) is 1. The second-order valence-electron chi connectivity index (χ2n) is 6.84. The van der Waals surface area contributed by atoms with Crippen LogP contribution in [0, 0.1) is 5.92 Å². The van der Waals surface area contributed by atoms with Crippen molar-refractivity contribution in [2.75, 3.05) is 13.1 Å². The van der Waals surface area contributed by atoms with Crippen molar-refractivity contribution in [1.29, 1.82) is 0 Å². The number of carbonyl (C=O) groups is 3. The molecule has 0 saturated carbocycles. The Bertz CT molecular complexity index is 512. The summed E-state index contributed by atoms with van der Waals surface area (Å²) in [6.45, 7) is 4.29. The van der Waals surface area contributed by atoms with E-state index in [1.165, 1.54) is 9.80 Å². The largest absolute Gasteiger partial charge is 0.480 e. The van der Waals surface area contributed by atoms with Gasteiger partial charge in [-0.2, -0.15) is 0 Å². The molecular weight excluding hydrogens is 314 g/mol. The molecule has 0 aromatic rings. The molecule has 0 aliphatic carbocycles. The van der Waals surface area contributed by atoms with Crippen LogP contribution in [0.25, 0.3) is 0 Å². The molecule has 2 aliphatic rings. The molecule has 2 heterocycles. The fourth-order valence-electron chi connectivity index (χ4n) is 3.46. The van der Waals surface area contributed by atoms with Gasteiger partial charge in [0.1, 0.15) is 12.1 Å². The van der Waals surface area contributed by atoms with Gasteiger partial charge in [-0.1, -0.05) is 20.3 Å². The quantitative estimate of drug-likeness (QED) is 0.613. The first-order chi connectivity index (χ1) is 11.3. The summed E-state index contributed by atoms with van der Waals surface area (Å²) in [5.74, 6) is -1.78. The number of likely N-dealkylation sites (tertiary alicyclic amines) is 2. The van der Waals surface area contributed by atoms with Gasteiger partial charge >= 0.3 is 5.97 Å². The van der Waals surface area contributed by atoms with Crippen LogP contribution in [0.4, 0.5) is 0 Å². The number of amides is 2. The Morgan fingerprint density at radius 3 is 2.50 bits per heavy atom. The number of nitrogens with two attached hydrogens (primary N) is 1. The number of aliphatic carboxylic acids is 1. The molecule has 2 aliphatic heterocycles. The van der Waals surface area contributed by atoms with Crippen molar-refractivity contribution in [2.24, 2.45) is 11.7 Å². The summed E-state index contributed by atoms with van der Waals surface area (Å²) in [6.07, 6.45) is 1.12.